The lowest BCUT2D eigenvalue weighted by atomic mass is 9.83. The Labute approximate surface area is 251 Å². The Kier molecular flexibility index (Phi) is 13.3. The van der Waals surface area contributed by atoms with Gasteiger partial charge < -0.3 is 87.9 Å². The van der Waals surface area contributed by atoms with E-state index in [4.69, 9.17) is 57.1 Å². The summed E-state index contributed by atoms with van der Waals surface area (Å²) in [6.07, 6.45) is -8.91. The average molecular weight is 625 g/mol. The second-order valence-electron chi connectivity index (χ2n) is 12.0. The summed E-state index contributed by atoms with van der Waals surface area (Å²) in [5, 5.41) is 54.9. The van der Waals surface area contributed by atoms with Crippen LogP contribution in [-0.2, 0) is 28.4 Å². The number of hydrogen-bond donors (Lipinski definition) is 11. The number of aliphatic hydroxyl groups excluding tert-OH is 5. The number of aliphatic hydroxyl groups is 5. The SMILES string of the molecule is NCC1CCC(N)C(OC2C(CO)OC(OC3C(O)C(NCC(O)CO)CC(N)C3OC3OC(CN)CCC3N)C2O)O1. The molecule has 16 unspecified atom stereocenters. The predicted octanol–water partition coefficient (Wildman–Crippen LogP) is -5.79. The molecular weight excluding hydrogens is 572 g/mol. The van der Waals surface area contributed by atoms with Crippen molar-refractivity contribution in [2.75, 3.05) is 32.8 Å². The van der Waals surface area contributed by atoms with Crippen molar-refractivity contribution in [3.8, 4) is 0 Å². The Balaban J connectivity index is 1.51. The van der Waals surface area contributed by atoms with Crippen molar-refractivity contribution < 1.29 is 54.0 Å². The summed E-state index contributed by atoms with van der Waals surface area (Å²) in [6, 6.07) is -2.36. The minimum Gasteiger partial charge on any atom is -0.394 e. The molecule has 17 nitrogen and oxygen atoms in total. The molecule has 3 heterocycles. The quantitative estimate of drug-likeness (QED) is 0.0909. The topological polar surface area (TPSA) is 299 Å². The summed E-state index contributed by atoms with van der Waals surface area (Å²) in [4.78, 5) is 0. The standard InChI is InChI=1S/C26H52N6O11/c27-6-12-1-3-14(29)24(38-12)41-21-16(31)5-17(32-8-11(35)9-33)19(36)23(21)43-26-20(37)22(18(10-34)40-26)42-25-15(30)4-2-13(7-28)39-25/h11-26,32-37H,1-10,27-31H2. The highest BCUT2D eigenvalue weighted by atomic mass is 16.8. The van der Waals surface area contributed by atoms with E-state index in [1.54, 1.807) is 0 Å². The Morgan fingerprint density at radius 1 is 0.721 bits per heavy atom. The lowest BCUT2D eigenvalue weighted by molar-refractivity contribution is -0.288. The highest BCUT2D eigenvalue weighted by Crippen LogP contribution is 2.34. The van der Waals surface area contributed by atoms with Crippen molar-refractivity contribution in [3.63, 3.8) is 0 Å². The average Bonchev–Trinajstić information content (AvgIpc) is 3.30. The van der Waals surface area contributed by atoms with E-state index >= 15 is 0 Å². The van der Waals surface area contributed by atoms with Crippen LogP contribution in [0.2, 0.25) is 0 Å². The van der Waals surface area contributed by atoms with Crippen molar-refractivity contribution >= 4 is 0 Å². The highest BCUT2D eigenvalue weighted by molar-refractivity contribution is 5.02. The molecule has 0 aromatic heterocycles. The van der Waals surface area contributed by atoms with Gasteiger partial charge in [-0.2, -0.15) is 0 Å². The first kappa shape index (κ1) is 35.2. The maximum Gasteiger partial charge on any atom is 0.187 e. The molecule has 4 fully saturated rings. The van der Waals surface area contributed by atoms with Gasteiger partial charge in [0.25, 0.3) is 0 Å². The molecule has 0 aromatic carbocycles. The monoisotopic (exact) mass is 624 g/mol. The van der Waals surface area contributed by atoms with Crippen molar-refractivity contribution in [2.45, 2.75) is 130 Å². The first-order chi connectivity index (χ1) is 20.6. The molecule has 0 radical (unpaired) electrons. The van der Waals surface area contributed by atoms with Gasteiger partial charge in [0.1, 0.15) is 30.5 Å². The predicted molar refractivity (Wildman–Crippen MR) is 150 cm³/mol. The number of rotatable bonds is 13. The minimum atomic E-state index is -1.42. The molecule has 0 bridgehead atoms. The van der Waals surface area contributed by atoms with Gasteiger partial charge in [-0.05, 0) is 32.1 Å². The molecule has 4 rings (SSSR count). The van der Waals surface area contributed by atoms with Gasteiger partial charge in [0.05, 0.1) is 49.7 Å². The molecular formula is C26H52N6O11. The van der Waals surface area contributed by atoms with Crippen molar-refractivity contribution in [1.29, 1.82) is 0 Å². The van der Waals surface area contributed by atoms with Crippen LogP contribution in [0, 0.1) is 0 Å². The molecule has 252 valence electrons. The van der Waals surface area contributed by atoms with Gasteiger partial charge in [0, 0.05) is 31.7 Å². The van der Waals surface area contributed by atoms with E-state index in [-0.39, 0.29) is 38.3 Å². The van der Waals surface area contributed by atoms with Crippen LogP contribution in [0.5, 0.6) is 0 Å². The molecule has 16 N–H and O–H groups in total. The first-order valence-electron chi connectivity index (χ1n) is 15.2. The van der Waals surface area contributed by atoms with Crippen LogP contribution in [-0.4, -0.2) is 156 Å². The molecule has 0 amide bonds. The molecule has 3 aliphatic heterocycles. The smallest absolute Gasteiger partial charge is 0.187 e. The van der Waals surface area contributed by atoms with Gasteiger partial charge in [-0.3, -0.25) is 0 Å². The van der Waals surface area contributed by atoms with Crippen LogP contribution >= 0.6 is 0 Å². The highest BCUT2D eigenvalue weighted by Gasteiger charge is 2.53. The molecule has 4 aliphatic rings. The fourth-order valence-electron chi connectivity index (χ4n) is 6.08. The molecule has 3 saturated heterocycles. The lowest BCUT2D eigenvalue weighted by Gasteiger charge is -2.47. The molecule has 1 aliphatic carbocycles. The van der Waals surface area contributed by atoms with E-state index in [0.717, 1.165) is 0 Å². The van der Waals surface area contributed by atoms with Gasteiger partial charge >= 0.3 is 0 Å². The van der Waals surface area contributed by atoms with Crippen LogP contribution in [0.1, 0.15) is 32.1 Å². The zero-order chi connectivity index (χ0) is 31.3. The first-order valence-corrected chi connectivity index (χ1v) is 15.2. The van der Waals surface area contributed by atoms with E-state index in [1.165, 1.54) is 0 Å². The van der Waals surface area contributed by atoms with E-state index in [9.17, 15) is 25.5 Å². The van der Waals surface area contributed by atoms with Gasteiger partial charge in [-0.1, -0.05) is 0 Å². The van der Waals surface area contributed by atoms with Crippen LogP contribution in [0.3, 0.4) is 0 Å². The summed E-state index contributed by atoms with van der Waals surface area (Å²) in [7, 11) is 0. The minimum absolute atomic E-state index is 0.0194. The third-order valence-corrected chi connectivity index (χ3v) is 8.71. The normalized spacial score (nSPS) is 46.6. The number of ether oxygens (including phenoxy) is 6. The lowest BCUT2D eigenvalue weighted by Crippen LogP contribution is -2.66. The summed E-state index contributed by atoms with van der Waals surface area (Å²) in [5.41, 5.74) is 30.6. The molecule has 17 heteroatoms. The Bertz CT molecular complexity index is 840. The Morgan fingerprint density at radius 2 is 1.28 bits per heavy atom. The van der Waals surface area contributed by atoms with E-state index in [1.807, 2.05) is 0 Å². The van der Waals surface area contributed by atoms with Crippen molar-refractivity contribution in [3.05, 3.63) is 0 Å². The Morgan fingerprint density at radius 3 is 1.81 bits per heavy atom. The third-order valence-electron chi connectivity index (χ3n) is 8.71. The fourth-order valence-corrected chi connectivity index (χ4v) is 6.08. The maximum atomic E-state index is 11.5. The van der Waals surface area contributed by atoms with E-state index in [0.29, 0.717) is 25.7 Å². The molecule has 0 spiro atoms. The molecule has 1 saturated carbocycles. The Hall–Kier alpha value is -0.680. The van der Waals surface area contributed by atoms with Crippen LogP contribution in [0.15, 0.2) is 0 Å². The van der Waals surface area contributed by atoms with Crippen LogP contribution in [0.4, 0.5) is 0 Å². The van der Waals surface area contributed by atoms with Gasteiger partial charge in [0.15, 0.2) is 18.9 Å². The molecule has 16 atom stereocenters. The summed E-state index contributed by atoms with van der Waals surface area (Å²) in [6.45, 7) is -0.451. The zero-order valence-corrected chi connectivity index (χ0v) is 24.4. The fraction of sp³-hybridized carbons (Fsp3) is 1.00. The third kappa shape index (κ3) is 8.57. The van der Waals surface area contributed by atoms with E-state index < -0.39 is 99.0 Å². The molecule has 0 aromatic rings. The van der Waals surface area contributed by atoms with E-state index in [2.05, 4.69) is 5.32 Å². The largest absolute Gasteiger partial charge is 0.394 e. The number of hydrogen-bond acceptors (Lipinski definition) is 17. The summed E-state index contributed by atoms with van der Waals surface area (Å²) in [5.74, 6) is 0. The second-order valence-corrected chi connectivity index (χ2v) is 12.0. The van der Waals surface area contributed by atoms with Crippen LogP contribution < -0.4 is 34.0 Å². The zero-order valence-electron chi connectivity index (χ0n) is 24.4. The van der Waals surface area contributed by atoms with Crippen molar-refractivity contribution in [2.24, 2.45) is 28.7 Å². The van der Waals surface area contributed by atoms with Crippen molar-refractivity contribution in [1.82, 2.24) is 5.32 Å². The summed E-state index contributed by atoms with van der Waals surface area (Å²) >= 11 is 0. The van der Waals surface area contributed by atoms with Crippen LogP contribution in [0.25, 0.3) is 0 Å². The maximum absolute atomic E-state index is 11.5. The van der Waals surface area contributed by atoms with Gasteiger partial charge in [0.2, 0.25) is 0 Å². The molecule has 43 heavy (non-hydrogen) atoms. The van der Waals surface area contributed by atoms with Gasteiger partial charge in [-0.15, -0.1) is 0 Å². The summed E-state index contributed by atoms with van der Waals surface area (Å²) < 4.78 is 36.1. The number of nitrogens with two attached hydrogens (primary N) is 5. The van der Waals surface area contributed by atoms with Gasteiger partial charge in [-0.25, -0.2) is 0 Å². The number of nitrogens with one attached hydrogen (secondary N) is 1. The second kappa shape index (κ2) is 16.2.